The number of nitrogens with zero attached hydrogens (tertiary/aromatic N) is 2. The number of hydrogen-bond donors (Lipinski definition) is 2. The summed E-state index contributed by atoms with van der Waals surface area (Å²) in [5, 5.41) is 2.92. The van der Waals surface area contributed by atoms with Crippen LogP contribution in [-0.4, -0.2) is 42.0 Å². The molecule has 1 aliphatic rings. The molecule has 1 amide bonds. The van der Waals surface area contributed by atoms with Gasteiger partial charge in [0.2, 0.25) is 0 Å². The molecule has 0 aliphatic carbocycles. The van der Waals surface area contributed by atoms with Crippen LogP contribution in [0.5, 0.6) is 0 Å². The molecule has 0 radical (unpaired) electrons. The zero-order valence-corrected chi connectivity index (χ0v) is 10.7. The molecule has 18 heavy (non-hydrogen) atoms. The summed E-state index contributed by atoms with van der Waals surface area (Å²) in [6.45, 7) is 6.13. The summed E-state index contributed by atoms with van der Waals surface area (Å²) < 4.78 is 0. The van der Waals surface area contributed by atoms with Gasteiger partial charge in [-0.3, -0.25) is 4.79 Å². The number of nitrogens with two attached hydrogens (primary N) is 1. The van der Waals surface area contributed by atoms with Crippen LogP contribution in [0.4, 0.5) is 5.69 Å². The normalized spacial score (nSPS) is 19.9. The first-order chi connectivity index (χ1) is 8.70. The van der Waals surface area contributed by atoms with E-state index in [0.717, 1.165) is 26.1 Å². The topological polar surface area (TPSA) is 71.2 Å². The maximum atomic E-state index is 11.9. The molecule has 0 saturated carbocycles. The average molecular weight is 248 g/mol. The number of pyridine rings is 1. The van der Waals surface area contributed by atoms with Crippen molar-refractivity contribution in [2.75, 3.05) is 31.9 Å². The average Bonchev–Trinajstić information content (AvgIpc) is 2.84. The van der Waals surface area contributed by atoms with Gasteiger partial charge in [-0.2, -0.15) is 0 Å². The van der Waals surface area contributed by atoms with Gasteiger partial charge in [-0.15, -0.1) is 0 Å². The molecule has 98 valence electrons. The van der Waals surface area contributed by atoms with Crippen molar-refractivity contribution in [3.8, 4) is 0 Å². The fraction of sp³-hybridized carbons (Fsp3) is 0.538. The fourth-order valence-corrected chi connectivity index (χ4v) is 2.29. The molecular formula is C13H20N4O. The number of aromatic nitrogens is 1. The Bertz CT molecular complexity index is 421. The minimum atomic E-state index is -0.178. The van der Waals surface area contributed by atoms with E-state index in [1.165, 1.54) is 0 Å². The number of anilines is 1. The van der Waals surface area contributed by atoms with Crippen molar-refractivity contribution in [1.82, 2.24) is 15.2 Å². The molecule has 1 unspecified atom stereocenters. The number of carbonyl (C=O) groups excluding carboxylic acids is 1. The van der Waals surface area contributed by atoms with E-state index in [4.69, 9.17) is 5.73 Å². The highest BCUT2D eigenvalue weighted by molar-refractivity contribution is 5.96. The Balaban J connectivity index is 1.84. The second kappa shape index (κ2) is 5.82. The third-order valence-corrected chi connectivity index (χ3v) is 3.42. The predicted octanol–water partition coefficient (Wildman–Crippen LogP) is 0.735. The molecule has 0 bridgehead atoms. The molecule has 1 aromatic heterocycles. The zero-order valence-electron chi connectivity index (χ0n) is 10.7. The minimum Gasteiger partial charge on any atom is -0.397 e. The second-order valence-corrected chi connectivity index (χ2v) is 4.70. The summed E-state index contributed by atoms with van der Waals surface area (Å²) in [5.41, 5.74) is 6.47. The van der Waals surface area contributed by atoms with Gasteiger partial charge in [0.25, 0.3) is 5.91 Å². The molecule has 1 aromatic rings. The molecule has 5 heteroatoms. The number of nitrogen functional groups attached to an aromatic ring is 1. The van der Waals surface area contributed by atoms with E-state index in [-0.39, 0.29) is 5.91 Å². The van der Waals surface area contributed by atoms with E-state index in [1.54, 1.807) is 18.3 Å². The van der Waals surface area contributed by atoms with E-state index >= 15 is 0 Å². The van der Waals surface area contributed by atoms with Crippen LogP contribution in [0.2, 0.25) is 0 Å². The number of likely N-dealkylation sites (tertiary alicyclic amines) is 1. The summed E-state index contributed by atoms with van der Waals surface area (Å²) >= 11 is 0. The summed E-state index contributed by atoms with van der Waals surface area (Å²) in [6, 6.07) is 3.42. The molecule has 1 atom stereocenters. The third-order valence-electron chi connectivity index (χ3n) is 3.42. The Morgan fingerprint density at radius 3 is 3.17 bits per heavy atom. The molecule has 1 aliphatic heterocycles. The van der Waals surface area contributed by atoms with Crippen molar-refractivity contribution in [2.24, 2.45) is 5.92 Å². The molecular weight excluding hydrogens is 228 g/mol. The first kappa shape index (κ1) is 12.8. The Kier molecular flexibility index (Phi) is 4.15. The number of nitrogens with one attached hydrogen (secondary N) is 1. The highest BCUT2D eigenvalue weighted by Gasteiger charge is 2.22. The van der Waals surface area contributed by atoms with Gasteiger partial charge < -0.3 is 16.0 Å². The van der Waals surface area contributed by atoms with Gasteiger partial charge in [0.05, 0.1) is 5.69 Å². The lowest BCUT2D eigenvalue weighted by Gasteiger charge is -2.13. The molecule has 1 fully saturated rings. The van der Waals surface area contributed by atoms with E-state index in [2.05, 4.69) is 22.1 Å². The van der Waals surface area contributed by atoms with Gasteiger partial charge in [0.15, 0.2) is 5.69 Å². The molecule has 2 heterocycles. The minimum absolute atomic E-state index is 0.178. The monoisotopic (exact) mass is 248 g/mol. The molecule has 0 spiro atoms. The first-order valence-electron chi connectivity index (χ1n) is 6.41. The molecule has 5 nitrogen and oxygen atoms in total. The Hall–Kier alpha value is -1.62. The summed E-state index contributed by atoms with van der Waals surface area (Å²) in [6.07, 6.45) is 2.73. The van der Waals surface area contributed by atoms with Crippen LogP contribution in [0.15, 0.2) is 18.3 Å². The lowest BCUT2D eigenvalue weighted by Crippen LogP contribution is -2.31. The Morgan fingerprint density at radius 2 is 2.50 bits per heavy atom. The summed E-state index contributed by atoms with van der Waals surface area (Å²) in [4.78, 5) is 18.3. The van der Waals surface area contributed by atoms with Crippen LogP contribution in [0, 0.1) is 5.92 Å². The van der Waals surface area contributed by atoms with Crippen molar-refractivity contribution in [3.63, 3.8) is 0 Å². The highest BCUT2D eigenvalue weighted by atomic mass is 16.1. The van der Waals surface area contributed by atoms with Crippen molar-refractivity contribution in [3.05, 3.63) is 24.0 Å². The maximum Gasteiger partial charge on any atom is 0.272 e. The first-order valence-corrected chi connectivity index (χ1v) is 6.41. The summed E-state index contributed by atoms with van der Waals surface area (Å²) in [7, 11) is 0. The molecule has 2 rings (SSSR count). The number of carbonyl (C=O) groups is 1. The third kappa shape index (κ3) is 2.98. The van der Waals surface area contributed by atoms with Gasteiger partial charge in [-0.05, 0) is 37.6 Å². The van der Waals surface area contributed by atoms with E-state index in [1.807, 2.05) is 0 Å². The number of amides is 1. The second-order valence-electron chi connectivity index (χ2n) is 4.70. The van der Waals surface area contributed by atoms with Crippen molar-refractivity contribution >= 4 is 11.6 Å². The van der Waals surface area contributed by atoms with E-state index < -0.39 is 0 Å². The highest BCUT2D eigenvalue weighted by Crippen LogP contribution is 2.15. The number of rotatable bonds is 4. The number of hydrogen-bond acceptors (Lipinski definition) is 4. The Labute approximate surface area is 107 Å². The van der Waals surface area contributed by atoms with Crippen molar-refractivity contribution in [2.45, 2.75) is 13.3 Å². The lowest BCUT2D eigenvalue weighted by atomic mass is 10.1. The largest absolute Gasteiger partial charge is 0.397 e. The SMILES string of the molecule is CCN1CCC(CNC(=O)c2ncccc2N)C1. The van der Waals surface area contributed by atoms with Crippen molar-refractivity contribution in [1.29, 1.82) is 0 Å². The van der Waals surface area contributed by atoms with Crippen LogP contribution >= 0.6 is 0 Å². The van der Waals surface area contributed by atoms with Crippen LogP contribution in [0.3, 0.4) is 0 Å². The zero-order chi connectivity index (χ0) is 13.0. The van der Waals surface area contributed by atoms with Gasteiger partial charge >= 0.3 is 0 Å². The van der Waals surface area contributed by atoms with Gasteiger partial charge in [0.1, 0.15) is 0 Å². The Morgan fingerprint density at radius 1 is 1.67 bits per heavy atom. The molecule has 1 saturated heterocycles. The van der Waals surface area contributed by atoms with E-state index in [0.29, 0.717) is 23.8 Å². The van der Waals surface area contributed by atoms with Crippen LogP contribution in [0.25, 0.3) is 0 Å². The van der Waals surface area contributed by atoms with Gasteiger partial charge in [-0.25, -0.2) is 4.98 Å². The summed E-state index contributed by atoms with van der Waals surface area (Å²) in [5.74, 6) is 0.363. The predicted molar refractivity (Wildman–Crippen MR) is 71.2 cm³/mol. The van der Waals surface area contributed by atoms with Crippen LogP contribution < -0.4 is 11.1 Å². The smallest absolute Gasteiger partial charge is 0.272 e. The maximum absolute atomic E-state index is 11.9. The standard InChI is InChI=1S/C13H20N4O/c1-2-17-7-5-10(9-17)8-16-13(18)12-11(14)4-3-6-15-12/h3-4,6,10H,2,5,7-9,14H2,1H3,(H,16,18). The van der Waals surface area contributed by atoms with Crippen LogP contribution in [-0.2, 0) is 0 Å². The quantitative estimate of drug-likeness (QED) is 0.824. The van der Waals surface area contributed by atoms with E-state index in [9.17, 15) is 4.79 Å². The molecule has 3 N–H and O–H groups in total. The molecule has 0 aromatic carbocycles. The van der Waals surface area contributed by atoms with Crippen LogP contribution in [0.1, 0.15) is 23.8 Å². The van der Waals surface area contributed by atoms with Gasteiger partial charge in [0, 0.05) is 19.3 Å². The van der Waals surface area contributed by atoms with Gasteiger partial charge in [-0.1, -0.05) is 6.92 Å². The lowest BCUT2D eigenvalue weighted by molar-refractivity contribution is 0.0943. The van der Waals surface area contributed by atoms with Crippen molar-refractivity contribution < 1.29 is 4.79 Å². The fourth-order valence-electron chi connectivity index (χ4n) is 2.29.